The van der Waals surface area contributed by atoms with Crippen molar-refractivity contribution in [3.05, 3.63) is 28.2 Å². The molecular formula is C12H15Cl2NO2S. The number of carboxylic acids is 1. The molecule has 0 saturated heterocycles. The lowest BCUT2D eigenvalue weighted by Gasteiger charge is -2.23. The summed E-state index contributed by atoms with van der Waals surface area (Å²) in [4.78, 5) is 12.0. The molecule has 1 aromatic carbocycles. The average molecular weight is 308 g/mol. The molecule has 1 aromatic rings. The van der Waals surface area contributed by atoms with Crippen molar-refractivity contribution in [3.8, 4) is 0 Å². The lowest BCUT2D eigenvalue weighted by Crippen LogP contribution is -2.47. The van der Waals surface area contributed by atoms with E-state index in [-0.39, 0.29) is 0 Å². The van der Waals surface area contributed by atoms with E-state index in [0.717, 1.165) is 4.90 Å². The largest absolute Gasteiger partial charge is 0.480 e. The lowest BCUT2D eigenvalue weighted by atomic mass is 10.00. The van der Waals surface area contributed by atoms with E-state index in [1.165, 1.54) is 11.8 Å². The summed E-state index contributed by atoms with van der Waals surface area (Å²) in [7, 11) is 1.64. The van der Waals surface area contributed by atoms with Crippen molar-refractivity contribution in [1.82, 2.24) is 5.32 Å². The summed E-state index contributed by atoms with van der Waals surface area (Å²) in [5.74, 6) is -0.216. The molecule has 0 fully saturated rings. The molecule has 0 spiro atoms. The summed E-state index contributed by atoms with van der Waals surface area (Å²) in [6.07, 6.45) is 0.492. The van der Waals surface area contributed by atoms with Crippen LogP contribution in [-0.4, -0.2) is 29.4 Å². The first-order valence-corrected chi connectivity index (χ1v) is 7.13. The number of halogens is 2. The molecule has 2 N–H and O–H groups in total. The zero-order valence-corrected chi connectivity index (χ0v) is 12.5. The van der Waals surface area contributed by atoms with E-state index < -0.39 is 11.5 Å². The van der Waals surface area contributed by atoms with Crippen LogP contribution in [0.25, 0.3) is 0 Å². The number of hydrogen-bond acceptors (Lipinski definition) is 3. The minimum absolute atomic E-state index is 0.492. The normalized spacial score (nSPS) is 14.2. The van der Waals surface area contributed by atoms with Gasteiger partial charge in [-0.25, -0.2) is 0 Å². The number of hydrogen-bond donors (Lipinski definition) is 2. The van der Waals surface area contributed by atoms with Gasteiger partial charge in [0.05, 0.1) is 5.02 Å². The van der Waals surface area contributed by atoms with Crippen molar-refractivity contribution in [1.29, 1.82) is 0 Å². The zero-order chi connectivity index (χ0) is 13.8. The van der Waals surface area contributed by atoms with Crippen molar-refractivity contribution in [2.45, 2.75) is 23.8 Å². The number of carboxylic acid groups (broad SMARTS) is 1. The second-order valence-electron chi connectivity index (χ2n) is 4.06. The number of likely N-dealkylation sites (N-methyl/N-ethyl adjacent to an activating group) is 1. The predicted octanol–water partition coefficient (Wildman–Crippen LogP) is 3.54. The highest BCUT2D eigenvalue weighted by atomic mass is 35.5. The van der Waals surface area contributed by atoms with Crippen LogP contribution in [-0.2, 0) is 4.79 Å². The smallest absolute Gasteiger partial charge is 0.323 e. The third kappa shape index (κ3) is 4.05. The summed E-state index contributed by atoms with van der Waals surface area (Å²) in [5, 5.41) is 13.2. The molecule has 3 nitrogen and oxygen atoms in total. The monoisotopic (exact) mass is 307 g/mol. The summed E-state index contributed by atoms with van der Waals surface area (Å²) < 4.78 is 0. The number of rotatable bonds is 6. The maximum Gasteiger partial charge on any atom is 0.323 e. The second kappa shape index (κ2) is 6.66. The van der Waals surface area contributed by atoms with Crippen molar-refractivity contribution in [3.63, 3.8) is 0 Å². The highest BCUT2D eigenvalue weighted by Gasteiger charge is 2.30. The van der Waals surface area contributed by atoms with Gasteiger partial charge in [0.1, 0.15) is 5.54 Å². The third-order valence-electron chi connectivity index (χ3n) is 2.78. The zero-order valence-electron chi connectivity index (χ0n) is 10.2. The van der Waals surface area contributed by atoms with Gasteiger partial charge < -0.3 is 10.4 Å². The van der Waals surface area contributed by atoms with E-state index in [0.29, 0.717) is 22.2 Å². The van der Waals surface area contributed by atoms with Crippen LogP contribution < -0.4 is 5.32 Å². The van der Waals surface area contributed by atoms with Gasteiger partial charge in [0.15, 0.2) is 0 Å². The number of thioether (sulfide) groups is 1. The fourth-order valence-electron chi connectivity index (χ4n) is 1.29. The van der Waals surface area contributed by atoms with E-state index in [1.54, 1.807) is 32.2 Å². The van der Waals surface area contributed by atoms with Crippen molar-refractivity contribution < 1.29 is 9.90 Å². The Morgan fingerprint density at radius 3 is 2.72 bits per heavy atom. The number of benzene rings is 1. The van der Waals surface area contributed by atoms with Crippen LogP contribution >= 0.6 is 35.0 Å². The van der Waals surface area contributed by atoms with Gasteiger partial charge >= 0.3 is 5.97 Å². The lowest BCUT2D eigenvalue weighted by molar-refractivity contribution is -0.144. The minimum Gasteiger partial charge on any atom is -0.480 e. The summed E-state index contributed by atoms with van der Waals surface area (Å²) in [5.41, 5.74) is -0.919. The van der Waals surface area contributed by atoms with Crippen LogP contribution in [0.2, 0.25) is 10.0 Å². The minimum atomic E-state index is -0.919. The molecule has 0 aliphatic rings. The van der Waals surface area contributed by atoms with Crippen LogP contribution in [0.5, 0.6) is 0 Å². The van der Waals surface area contributed by atoms with Gasteiger partial charge in [-0.15, -0.1) is 11.8 Å². The Hall–Kier alpha value is -0.420. The Balaban J connectivity index is 2.61. The molecule has 1 rings (SSSR count). The molecular weight excluding hydrogens is 293 g/mol. The predicted molar refractivity (Wildman–Crippen MR) is 76.9 cm³/mol. The van der Waals surface area contributed by atoms with Crippen LogP contribution in [0.1, 0.15) is 13.3 Å². The summed E-state index contributed by atoms with van der Waals surface area (Å²) in [6, 6.07) is 5.25. The van der Waals surface area contributed by atoms with Crippen LogP contribution in [0.3, 0.4) is 0 Å². The number of carbonyl (C=O) groups is 1. The molecule has 0 radical (unpaired) electrons. The first-order valence-electron chi connectivity index (χ1n) is 5.39. The molecule has 1 unspecified atom stereocenters. The highest BCUT2D eigenvalue weighted by Crippen LogP contribution is 2.31. The molecule has 1 atom stereocenters. The molecule has 100 valence electrons. The van der Waals surface area contributed by atoms with Gasteiger partial charge in [-0.1, -0.05) is 23.2 Å². The van der Waals surface area contributed by atoms with Crippen LogP contribution in [0.15, 0.2) is 23.1 Å². The summed E-state index contributed by atoms with van der Waals surface area (Å²) >= 11 is 13.4. The van der Waals surface area contributed by atoms with E-state index in [1.807, 2.05) is 0 Å². The van der Waals surface area contributed by atoms with E-state index in [9.17, 15) is 4.79 Å². The van der Waals surface area contributed by atoms with E-state index in [2.05, 4.69) is 5.32 Å². The van der Waals surface area contributed by atoms with Gasteiger partial charge in [0.25, 0.3) is 0 Å². The standard InChI is InChI=1S/C12H15Cl2NO2S/c1-12(15-2,11(16)17)5-6-18-10-7-8(13)3-4-9(10)14/h3-4,7,15H,5-6H2,1-2H3,(H,16,17). The third-order valence-corrected chi connectivity index (χ3v) is 4.51. The van der Waals surface area contributed by atoms with Gasteiger partial charge in [0, 0.05) is 15.7 Å². The average Bonchev–Trinajstić information content (AvgIpc) is 2.33. The fourth-order valence-corrected chi connectivity index (χ4v) is 2.96. The van der Waals surface area contributed by atoms with E-state index in [4.69, 9.17) is 28.3 Å². The highest BCUT2D eigenvalue weighted by molar-refractivity contribution is 7.99. The number of nitrogens with one attached hydrogen (secondary N) is 1. The maximum absolute atomic E-state index is 11.1. The SMILES string of the molecule is CNC(C)(CCSc1cc(Cl)ccc1Cl)C(=O)O. The Kier molecular flexibility index (Phi) is 5.79. The van der Waals surface area contributed by atoms with Crippen LogP contribution in [0.4, 0.5) is 0 Å². The molecule has 0 heterocycles. The maximum atomic E-state index is 11.1. The second-order valence-corrected chi connectivity index (χ2v) is 6.04. The van der Waals surface area contributed by atoms with E-state index >= 15 is 0 Å². The van der Waals surface area contributed by atoms with Crippen LogP contribution in [0, 0.1) is 0 Å². The van der Waals surface area contributed by atoms with Gasteiger partial charge in [0.2, 0.25) is 0 Å². The molecule has 0 aliphatic heterocycles. The Morgan fingerprint density at radius 1 is 1.50 bits per heavy atom. The fraction of sp³-hybridized carbons (Fsp3) is 0.417. The first kappa shape index (κ1) is 15.6. The molecule has 0 aliphatic carbocycles. The molecule has 18 heavy (non-hydrogen) atoms. The topological polar surface area (TPSA) is 49.3 Å². The quantitative estimate of drug-likeness (QED) is 0.789. The van der Waals surface area contributed by atoms with Crippen molar-refractivity contribution >= 4 is 40.9 Å². The van der Waals surface area contributed by atoms with Gasteiger partial charge in [-0.05, 0) is 38.6 Å². The summed E-state index contributed by atoms with van der Waals surface area (Å²) in [6.45, 7) is 1.66. The van der Waals surface area contributed by atoms with Gasteiger partial charge in [-0.2, -0.15) is 0 Å². The van der Waals surface area contributed by atoms with Crippen molar-refractivity contribution in [2.24, 2.45) is 0 Å². The van der Waals surface area contributed by atoms with Crippen molar-refractivity contribution in [2.75, 3.05) is 12.8 Å². The molecule has 0 amide bonds. The first-order chi connectivity index (χ1) is 8.39. The Bertz CT molecular complexity index is 442. The molecule has 0 saturated carbocycles. The molecule has 0 aromatic heterocycles. The molecule has 0 bridgehead atoms. The Morgan fingerprint density at radius 2 is 2.17 bits per heavy atom. The van der Waals surface area contributed by atoms with Gasteiger partial charge in [-0.3, -0.25) is 4.79 Å². The Labute approximate surface area is 121 Å². The molecule has 6 heteroatoms. The number of aliphatic carboxylic acids is 1.